The minimum absolute atomic E-state index is 0.136. The van der Waals surface area contributed by atoms with Gasteiger partial charge in [0.2, 0.25) is 0 Å². The third-order valence-corrected chi connectivity index (χ3v) is 1.94. The predicted molar refractivity (Wildman–Crippen MR) is 57.8 cm³/mol. The van der Waals surface area contributed by atoms with Crippen LogP contribution in [0.2, 0.25) is 0 Å². The molecule has 0 radical (unpaired) electrons. The number of urea groups is 1. The quantitative estimate of drug-likeness (QED) is 0.536. The van der Waals surface area contributed by atoms with Gasteiger partial charge in [0.15, 0.2) is 0 Å². The van der Waals surface area contributed by atoms with Crippen LogP contribution >= 0.6 is 0 Å². The number of aliphatic carboxylic acids is 1. The van der Waals surface area contributed by atoms with Crippen molar-refractivity contribution in [1.82, 2.24) is 10.6 Å². The van der Waals surface area contributed by atoms with Crippen molar-refractivity contribution in [2.45, 2.75) is 39.0 Å². The summed E-state index contributed by atoms with van der Waals surface area (Å²) >= 11 is 0. The second kappa shape index (κ2) is 9.30. The summed E-state index contributed by atoms with van der Waals surface area (Å²) in [4.78, 5) is 21.1. The number of unbranched alkanes of at least 4 members (excludes halogenated alkanes) is 3. The fourth-order valence-corrected chi connectivity index (χ4v) is 1.18. The normalized spacial score (nSPS) is 9.67. The molecule has 0 unspecified atom stereocenters. The lowest BCUT2D eigenvalue weighted by Crippen LogP contribution is -2.35. The zero-order chi connectivity index (χ0) is 11.5. The maximum absolute atomic E-state index is 10.9. The molecule has 0 bridgehead atoms. The van der Waals surface area contributed by atoms with Crippen molar-refractivity contribution in [3.63, 3.8) is 0 Å². The van der Waals surface area contributed by atoms with Crippen LogP contribution in [0.5, 0.6) is 0 Å². The number of amides is 2. The van der Waals surface area contributed by atoms with Gasteiger partial charge in [-0.1, -0.05) is 12.8 Å². The summed E-state index contributed by atoms with van der Waals surface area (Å²) in [6, 6.07) is -0.136. The zero-order valence-corrected chi connectivity index (χ0v) is 9.21. The van der Waals surface area contributed by atoms with Gasteiger partial charge in [0.1, 0.15) is 0 Å². The number of carboxylic acids is 1. The Balaban J connectivity index is 3.11. The first-order chi connectivity index (χ1) is 7.16. The average molecular weight is 216 g/mol. The van der Waals surface area contributed by atoms with Crippen LogP contribution in [0, 0.1) is 0 Å². The van der Waals surface area contributed by atoms with E-state index in [0.29, 0.717) is 13.1 Å². The van der Waals surface area contributed by atoms with Crippen LogP contribution in [0.4, 0.5) is 4.79 Å². The number of carbonyl (C=O) groups excluding carboxylic acids is 1. The van der Waals surface area contributed by atoms with Crippen LogP contribution in [0.3, 0.4) is 0 Å². The van der Waals surface area contributed by atoms with E-state index in [1.54, 1.807) is 0 Å². The lowest BCUT2D eigenvalue weighted by atomic mass is 10.1. The van der Waals surface area contributed by atoms with Gasteiger partial charge in [0.05, 0.1) is 0 Å². The highest BCUT2D eigenvalue weighted by Crippen LogP contribution is 2.01. The lowest BCUT2D eigenvalue weighted by molar-refractivity contribution is -0.137. The highest BCUT2D eigenvalue weighted by Gasteiger charge is 1.98. The molecule has 0 atom stereocenters. The standard InChI is InChI=1S/C10H20N2O3/c1-2-11-10(15)12-8-6-4-3-5-7-9(13)14/h2-8H2,1H3,(H,13,14)(H2,11,12,15). The Bertz CT molecular complexity index is 195. The van der Waals surface area contributed by atoms with E-state index in [2.05, 4.69) is 10.6 Å². The molecule has 0 aromatic rings. The van der Waals surface area contributed by atoms with E-state index in [-0.39, 0.29) is 12.5 Å². The molecule has 3 N–H and O–H groups in total. The van der Waals surface area contributed by atoms with E-state index in [4.69, 9.17) is 5.11 Å². The first-order valence-electron chi connectivity index (χ1n) is 5.40. The average Bonchev–Trinajstić information content (AvgIpc) is 2.16. The number of nitrogens with one attached hydrogen (secondary N) is 2. The fraction of sp³-hybridized carbons (Fsp3) is 0.800. The van der Waals surface area contributed by atoms with Gasteiger partial charge in [-0.05, 0) is 19.8 Å². The van der Waals surface area contributed by atoms with Crippen LogP contribution in [-0.4, -0.2) is 30.2 Å². The third kappa shape index (κ3) is 10.7. The minimum Gasteiger partial charge on any atom is -0.481 e. The Morgan fingerprint density at radius 1 is 1.07 bits per heavy atom. The molecule has 0 saturated heterocycles. The van der Waals surface area contributed by atoms with Crippen molar-refractivity contribution >= 4 is 12.0 Å². The summed E-state index contributed by atoms with van der Waals surface area (Å²) in [6.45, 7) is 3.15. The van der Waals surface area contributed by atoms with Crippen LogP contribution in [0.1, 0.15) is 39.0 Å². The molecule has 0 rings (SSSR count). The summed E-state index contributed by atoms with van der Waals surface area (Å²) in [6.07, 6.45) is 3.72. The van der Waals surface area contributed by atoms with Crippen molar-refractivity contribution in [2.75, 3.05) is 13.1 Å². The summed E-state index contributed by atoms with van der Waals surface area (Å²) in [5, 5.41) is 13.7. The molecule has 88 valence electrons. The van der Waals surface area contributed by atoms with Crippen molar-refractivity contribution in [3.8, 4) is 0 Å². The number of hydrogen-bond acceptors (Lipinski definition) is 2. The predicted octanol–water partition coefficient (Wildman–Crippen LogP) is 1.34. The molecule has 0 aromatic heterocycles. The number of rotatable bonds is 8. The summed E-state index contributed by atoms with van der Waals surface area (Å²) in [7, 11) is 0. The zero-order valence-electron chi connectivity index (χ0n) is 9.21. The second-order valence-corrected chi connectivity index (χ2v) is 3.34. The van der Waals surface area contributed by atoms with E-state index in [0.717, 1.165) is 25.7 Å². The van der Waals surface area contributed by atoms with Crippen LogP contribution in [0.25, 0.3) is 0 Å². The molecule has 0 heterocycles. The van der Waals surface area contributed by atoms with Crippen LogP contribution in [-0.2, 0) is 4.79 Å². The Morgan fingerprint density at radius 3 is 2.33 bits per heavy atom. The first kappa shape index (κ1) is 13.7. The second-order valence-electron chi connectivity index (χ2n) is 3.34. The van der Waals surface area contributed by atoms with Gasteiger partial charge in [0, 0.05) is 19.5 Å². The van der Waals surface area contributed by atoms with Crippen molar-refractivity contribution in [3.05, 3.63) is 0 Å². The molecule has 5 nitrogen and oxygen atoms in total. The molecule has 0 aliphatic rings. The van der Waals surface area contributed by atoms with E-state index in [1.165, 1.54) is 0 Å². The van der Waals surface area contributed by atoms with E-state index < -0.39 is 5.97 Å². The highest BCUT2D eigenvalue weighted by molar-refractivity contribution is 5.73. The molecule has 0 saturated carbocycles. The van der Waals surface area contributed by atoms with Gasteiger partial charge >= 0.3 is 12.0 Å². The molecule has 5 heteroatoms. The number of carboxylic acid groups (broad SMARTS) is 1. The molecule has 0 aromatic carbocycles. The Labute approximate surface area is 90.2 Å². The molecule has 0 spiro atoms. The topological polar surface area (TPSA) is 78.4 Å². The maximum Gasteiger partial charge on any atom is 0.314 e. The minimum atomic E-state index is -0.740. The van der Waals surface area contributed by atoms with Gasteiger partial charge < -0.3 is 15.7 Å². The van der Waals surface area contributed by atoms with Gasteiger partial charge in [-0.15, -0.1) is 0 Å². The maximum atomic E-state index is 10.9. The molecular weight excluding hydrogens is 196 g/mol. The Kier molecular flexibility index (Phi) is 8.52. The monoisotopic (exact) mass is 216 g/mol. The summed E-state index contributed by atoms with van der Waals surface area (Å²) < 4.78 is 0. The number of carbonyl (C=O) groups is 2. The molecule has 0 aliphatic carbocycles. The van der Waals surface area contributed by atoms with Crippen molar-refractivity contribution in [1.29, 1.82) is 0 Å². The highest BCUT2D eigenvalue weighted by atomic mass is 16.4. The molecule has 0 fully saturated rings. The molecule has 0 aliphatic heterocycles. The molecule has 2 amide bonds. The Hall–Kier alpha value is -1.26. The first-order valence-corrected chi connectivity index (χ1v) is 5.40. The van der Waals surface area contributed by atoms with E-state index in [1.807, 2.05) is 6.92 Å². The van der Waals surface area contributed by atoms with Gasteiger partial charge in [-0.25, -0.2) is 4.79 Å². The fourth-order valence-electron chi connectivity index (χ4n) is 1.18. The summed E-state index contributed by atoms with van der Waals surface area (Å²) in [5.74, 6) is -0.740. The number of hydrogen-bond donors (Lipinski definition) is 3. The van der Waals surface area contributed by atoms with Crippen molar-refractivity contribution < 1.29 is 14.7 Å². The SMILES string of the molecule is CCNC(=O)NCCCCCCC(=O)O. The van der Waals surface area contributed by atoms with Crippen LogP contribution in [0.15, 0.2) is 0 Å². The van der Waals surface area contributed by atoms with Gasteiger partial charge in [-0.2, -0.15) is 0 Å². The third-order valence-electron chi connectivity index (χ3n) is 1.94. The van der Waals surface area contributed by atoms with E-state index in [9.17, 15) is 9.59 Å². The van der Waals surface area contributed by atoms with E-state index >= 15 is 0 Å². The molecule has 15 heavy (non-hydrogen) atoms. The molecular formula is C10H20N2O3. The van der Waals surface area contributed by atoms with Crippen molar-refractivity contribution in [2.24, 2.45) is 0 Å². The van der Waals surface area contributed by atoms with Gasteiger partial charge in [-0.3, -0.25) is 4.79 Å². The van der Waals surface area contributed by atoms with Crippen LogP contribution < -0.4 is 10.6 Å². The largest absolute Gasteiger partial charge is 0.481 e. The Morgan fingerprint density at radius 2 is 1.73 bits per heavy atom. The lowest BCUT2D eigenvalue weighted by Gasteiger charge is -2.04. The van der Waals surface area contributed by atoms with Gasteiger partial charge in [0.25, 0.3) is 0 Å². The summed E-state index contributed by atoms with van der Waals surface area (Å²) in [5.41, 5.74) is 0. The smallest absolute Gasteiger partial charge is 0.314 e.